The van der Waals surface area contributed by atoms with Crippen LogP contribution in [0.1, 0.15) is 15.9 Å². The molecule has 4 aromatic rings. The van der Waals surface area contributed by atoms with Gasteiger partial charge in [0.1, 0.15) is 6.07 Å². The minimum atomic E-state index is -0.672. The molecule has 0 spiro atoms. The van der Waals surface area contributed by atoms with Gasteiger partial charge in [0.15, 0.2) is 18.1 Å². The van der Waals surface area contributed by atoms with E-state index in [1.54, 1.807) is 67.8 Å². The zero-order valence-corrected chi connectivity index (χ0v) is 19.1. The number of carbonyl (C=O) groups excluding carboxylic acids is 2. The Morgan fingerprint density at radius 1 is 0.943 bits per heavy atom. The molecule has 0 aliphatic heterocycles. The van der Waals surface area contributed by atoms with E-state index < -0.39 is 18.5 Å². The minimum absolute atomic E-state index is 0.269. The summed E-state index contributed by atoms with van der Waals surface area (Å²) in [6.45, 7) is -0.513. The van der Waals surface area contributed by atoms with E-state index in [-0.39, 0.29) is 5.56 Å². The fourth-order valence-corrected chi connectivity index (χ4v) is 3.57. The van der Waals surface area contributed by atoms with Crippen LogP contribution in [-0.2, 0) is 9.53 Å². The van der Waals surface area contributed by atoms with Crippen molar-refractivity contribution in [2.75, 3.05) is 26.1 Å². The molecular weight excluding hydrogens is 446 g/mol. The summed E-state index contributed by atoms with van der Waals surface area (Å²) >= 11 is 0. The third kappa shape index (κ3) is 5.04. The van der Waals surface area contributed by atoms with Gasteiger partial charge in [0.25, 0.3) is 5.91 Å². The number of para-hydroxylation sites is 2. The largest absolute Gasteiger partial charge is 0.493 e. The maximum atomic E-state index is 13.0. The first-order valence-corrected chi connectivity index (χ1v) is 10.6. The highest BCUT2D eigenvalue weighted by Crippen LogP contribution is 2.33. The number of nitrogens with zero attached hydrogens (tertiary/aromatic N) is 2. The summed E-state index contributed by atoms with van der Waals surface area (Å²) in [5.41, 5.74) is 2.77. The molecule has 35 heavy (non-hydrogen) atoms. The van der Waals surface area contributed by atoms with Crippen molar-refractivity contribution in [2.24, 2.45) is 0 Å². The molecule has 0 aliphatic carbocycles. The second-order valence-corrected chi connectivity index (χ2v) is 7.42. The Morgan fingerprint density at radius 3 is 2.46 bits per heavy atom. The second kappa shape index (κ2) is 10.4. The highest BCUT2D eigenvalue weighted by Gasteiger charge is 2.18. The van der Waals surface area contributed by atoms with Crippen molar-refractivity contribution in [3.63, 3.8) is 0 Å². The SMILES string of the molecule is COc1ccc(-c2cc(C(=O)OCC(=O)Nc3ccccc3C#N)c3ccccc3n2)cc1OC. The first-order valence-electron chi connectivity index (χ1n) is 10.6. The number of aromatic nitrogens is 1. The predicted molar refractivity (Wildman–Crippen MR) is 130 cm³/mol. The number of amides is 1. The first-order chi connectivity index (χ1) is 17.0. The Morgan fingerprint density at radius 2 is 1.69 bits per heavy atom. The molecule has 1 amide bonds. The lowest BCUT2D eigenvalue weighted by molar-refractivity contribution is -0.119. The lowest BCUT2D eigenvalue weighted by Crippen LogP contribution is -2.21. The molecule has 1 N–H and O–H groups in total. The van der Waals surface area contributed by atoms with E-state index in [0.717, 1.165) is 0 Å². The van der Waals surface area contributed by atoms with Crippen LogP contribution in [0.2, 0.25) is 0 Å². The zero-order valence-electron chi connectivity index (χ0n) is 19.1. The molecular formula is C27H21N3O5. The number of benzene rings is 3. The zero-order chi connectivity index (χ0) is 24.8. The third-order valence-corrected chi connectivity index (χ3v) is 5.27. The lowest BCUT2D eigenvalue weighted by atomic mass is 10.0. The smallest absolute Gasteiger partial charge is 0.339 e. The summed E-state index contributed by atoms with van der Waals surface area (Å²) in [6, 6.07) is 22.7. The Bertz CT molecular complexity index is 1460. The van der Waals surface area contributed by atoms with Crippen LogP contribution in [0.3, 0.4) is 0 Å². The van der Waals surface area contributed by atoms with Gasteiger partial charge in [-0.15, -0.1) is 0 Å². The molecule has 3 aromatic carbocycles. The molecule has 0 bridgehead atoms. The topological polar surface area (TPSA) is 111 Å². The lowest BCUT2D eigenvalue weighted by Gasteiger charge is -2.12. The number of methoxy groups -OCH3 is 2. The van der Waals surface area contributed by atoms with Crippen molar-refractivity contribution >= 4 is 28.5 Å². The number of pyridine rings is 1. The number of nitriles is 1. The molecule has 174 valence electrons. The molecule has 0 atom stereocenters. The van der Waals surface area contributed by atoms with E-state index >= 15 is 0 Å². The molecule has 8 nitrogen and oxygen atoms in total. The van der Waals surface area contributed by atoms with E-state index in [1.165, 1.54) is 7.11 Å². The van der Waals surface area contributed by atoms with Gasteiger partial charge in [-0.25, -0.2) is 9.78 Å². The Hall–Kier alpha value is -4.90. The van der Waals surface area contributed by atoms with Crippen LogP contribution in [0.5, 0.6) is 11.5 Å². The molecule has 0 saturated heterocycles. The van der Waals surface area contributed by atoms with Crippen LogP contribution < -0.4 is 14.8 Å². The summed E-state index contributed by atoms with van der Waals surface area (Å²) < 4.78 is 16.0. The van der Waals surface area contributed by atoms with Crippen molar-refractivity contribution in [3.05, 3.63) is 83.9 Å². The second-order valence-electron chi connectivity index (χ2n) is 7.42. The first kappa shape index (κ1) is 23.3. The van der Waals surface area contributed by atoms with Crippen LogP contribution in [0, 0.1) is 11.3 Å². The molecule has 8 heteroatoms. The standard InChI is InChI=1S/C27H21N3O5/c1-33-24-12-11-17(13-25(24)34-2)23-14-20(19-8-4-6-10-22(19)29-23)27(32)35-16-26(31)30-21-9-5-3-7-18(21)15-28/h3-14H,16H2,1-2H3,(H,30,31). The van der Waals surface area contributed by atoms with Crippen molar-refractivity contribution in [3.8, 4) is 28.8 Å². The fraction of sp³-hybridized carbons (Fsp3) is 0.111. The molecule has 0 radical (unpaired) electrons. The number of hydrogen-bond donors (Lipinski definition) is 1. The van der Waals surface area contributed by atoms with Gasteiger partial charge in [0.05, 0.1) is 42.2 Å². The van der Waals surface area contributed by atoms with Crippen molar-refractivity contribution < 1.29 is 23.8 Å². The van der Waals surface area contributed by atoms with E-state index in [9.17, 15) is 14.9 Å². The maximum Gasteiger partial charge on any atom is 0.339 e. The van der Waals surface area contributed by atoms with Gasteiger partial charge in [0, 0.05) is 10.9 Å². The van der Waals surface area contributed by atoms with Crippen LogP contribution >= 0.6 is 0 Å². The third-order valence-electron chi connectivity index (χ3n) is 5.27. The van der Waals surface area contributed by atoms with Crippen molar-refractivity contribution in [1.82, 2.24) is 4.98 Å². The number of nitrogens with one attached hydrogen (secondary N) is 1. The van der Waals surface area contributed by atoms with Crippen LogP contribution in [-0.4, -0.2) is 37.7 Å². The number of carbonyl (C=O) groups is 2. The Labute approximate surface area is 201 Å². The van der Waals surface area contributed by atoms with Gasteiger partial charge in [-0.1, -0.05) is 30.3 Å². The van der Waals surface area contributed by atoms with Crippen molar-refractivity contribution in [2.45, 2.75) is 0 Å². The average Bonchev–Trinajstić information content (AvgIpc) is 2.90. The predicted octanol–water partition coefficient (Wildman–Crippen LogP) is 4.59. The summed E-state index contributed by atoms with van der Waals surface area (Å²) in [5, 5.41) is 12.4. The number of anilines is 1. The van der Waals surface area contributed by atoms with Gasteiger partial charge >= 0.3 is 5.97 Å². The number of esters is 1. The highest BCUT2D eigenvalue weighted by atomic mass is 16.5. The van der Waals surface area contributed by atoms with Gasteiger partial charge in [0.2, 0.25) is 0 Å². The number of hydrogen-bond acceptors (Lipinski definition) is 7. The van der Waals surface area contributed by atoms with Crippen molar-refractivity contribution in [1.29, 1.82) is 5.26 Å². The van der Waals surface area contributed by atoms with Gasteiger partial charge < -0.3 is 19.5 Å². The summed E-state index contributed by atoms with van der Waals surface area (Å²) in [4.78, 5) is 30.1. The number of ether oxygens (including phenoxy) is 3. The normalized spacial score (nSPS) is 10.3. The molecule has 0 aliphatic rings. The number of fused-ring (bicyclic) bond motifs is 1. The summed E-state index contributed by atoms with van der Waals surface area (Å²) in [7, 11) is 3.09. The van der Waals surface area contributed by atoms with Gasteiger partial charge in [-0.2, -0.15) is 5.26 Å². The quantitative estimate of drug-likeness (QED) is 0.396. The van der Waals surface area contributed by atoms with Gasteiger partial charge in [-0.3, -0.25) is 4.79 Å². The summed E-state index contributed by atoms with van der Waals surface area (Å²) in [6.07, 6.45) is 0. The average molecular weight is 467 g/mol. The number of rotatable bonds is 7. The Balaban J connectivity index is 1.60. The van der Waals surface area contributed by atoms with Crippen LogP contribution in [0.4, 0.5) is 5.69 Å². The molecule has 0 fully saturated rings. The monoisotopic (exact) mass is 467 g/mol. The van der Waals surface area contributed by atoms with E-state index in [4.69, 9.17) is 14.2 Å². The Kier molecular flexibility index (Phi) is 6.88. The molecule has 0 saturated carbocycles. The highest BCUT2D eigenvalue weighted by molar-refractivity contribution is 6.05. The molecule has 1 aromatic heterocycles. The van der Waals surface area contributed by atoms with E-state index in [0.29, 0.717) is 44.9 Å². The van der Waals surface area contributed by atoms with E-state index in [1.807, 2.05) is 18.2 Å². The van der Waals surface area contributed by atoms with E-state index in [2.05, 4.69) is 10.3 Å². The molecule has 0 unspecified atom stereocenters. The van der Waals surface area contributed by atoms with Crippen LogP contribution in [0.25, 0.3) is 22.2 Å². The molecule has 4 rings (SSSR count). The molecule has 1 heterocycles. The maximum absolute atomic E-state index is 13.0. The van der Waals surface area contributed by atoms with Crippen LogP contribution in [0.15, 0.2) is 72.8 Å². The fourth-order valence-electron chi connectivity index (χ4n) is 3.57. The minimum Gasteiger partial charge on any atom is -0.493 e. The van der Waals surface area contributed by atoms with Gasteiger partial charge in [-0.05, 0) is 42.5 Å². The summed E-state index contributed by atoms with van der Waals surface area (Å²) in [5.74, 6) is -0.132.